The van der Waals surface area contributed by atoms with Gasteiger partial charge in [0.2, 0.25) is 0 Å². The van der Waals surface area contributed by atoms with Crippen LogP contribution in [-0.4, -0.2) is 147 Å². The lowest BCUT2D eigenvalue weighted by atomic mass is 10.0. The molecule has 14 heteroatoms. The molecular formula is C28H46N6O8. The molecule has 3 N–H and O–H groups in total. The third-order valence-corrected chi connectivity index (χ3v) is 6.70. The molecule has 0 saturated carbocycles. The summed E-state index contributed by atoms with van der Waals surface area (Å²) >= 11 is 0. The summed E-state index contributed by atoms with van der Waals surface area (Å²) in [5.74, 6) is -0.721. The fourth-order valence-corrected chi connectivity index (χ4v) is 4.51. The molecule has 1 fully saturated rings. The first-order valence-corrected chi connectivity index (χ1v) is 14.4. The highest BCUT2D eigenvalue weighted by Gasteiger charge is 2.19. The molecule has 0 spiro atoms. The number of carbonyl (C=O) groups is 2. The zero-order valence-electron chi connectivity index (χ0n) is 24.4. The number of ether oxygens (including phenoxy) is 3. The van der Waals surface area contributed by atoms with Gasteiger partial charge in [0.05, 0.1) is 39.6 Å². The fraction of sp³-hybridized carbons (Fsp3) is 0.714. The molecule has 1 aliphatic rings. The minimum atomic E-state index is -1.44. The van der Waals surface area contributed by atoms with Gasteiger partial charge in [-0.05, 0) is 23.1 Å². The maximum Gasteiger partial charge on any atom is 0.317 e. The third kappa shape index (κ3) is 17.3. The Hall–Kier alpha value is -2.65. The van der Waals surface area contributed by atoms with Gasteiger partial charge in [-0.1, -0.05) is 29.4 Å². The predicted molar refractivity (Wildman–Crippen MR) is 155 cm³/mol. The molecule has 42 heavy (non-hydrogen) atoms. The van der Waals surface area contributed by atoms with Gasteiger partial charge < -0.3 is 29.5 Å². The number of carboxylic acid groups (broad SMARTS) is 1. The van der Waals surface area contributed by atoms with Crippen LogP contribution in [0.2, 0.25) is 0 Å². The molecule has 0 bridgehead atoms. The van der Waals surface area contributed by atoms with E-state index in [0.717, 1.165) is 17.7 Å². The van der Waals surface area contributed by atoms with Crippen LogP contribution in [0, 0.1) is 0 Å². The van der Waals surface area contributed by atoms with Crippen molar-refractivity contribution in [1.29, 1.82) is 0 Å². The largest absolute Gasteiger partial charge is 0.480 e. The number of carboxylic acids is 1. The van der Waals surface area contributed by atoms with Gasteiger partial charge in [-0.3, -0.25) is 24.3 Å². The van der Waals surface area contributed by atoms with Crippen LogP contribution in [0.5, 0.6) is 0 Å². The van der Waals surface area contributed by atoms with E-state index in [1.807, 2.05) is 34.1 Å². The number of carbonyl (C=O) groups excluding carboxylic acids is 1. The number of nitrogens with zero attached hydrogens (tertiary/aromatic N) is 6. The standard InChI is InChI=1S/C28H46N6O8/c29-31-30-7-15-41-17-19-42-18-16-40-14-1-2-26(35)20-24-3-5-25(6-4-24)21-32-8-10-33(22-27(36)37)12-13-34(11-9-32)23-28(38)39/h3-6,27,36-37H,1-2,7-23H2,(H,38,39). The highest BCUT2D eigenvalue weighted by Crippen LogP contribution is 2.11. The highest BCUT2D eigenvalue weighted by atomic mass is 16.5. The Morgan fingerprint density at radius 1 is 0.833 bits per heavy atom. The van der Waals surface area contributed by atoms with Crippen LogP contribution in [0.4, 0.5) is 0 Å². The third-order valence-electron chi connectivity index (χ3n) is 6.70. The molecule has 0 radical (unpaired) electrons. The smallest absolute Gasteiger partial charge is 0.317 e. The molecule has 1 heterocycles. The molecule has 0 aliphatic carbocycles. The predicted octanol–water partition coefficient (Wildman–Crippen LogP) is 0.753. The minimum absolute atomic E-state index is 0.0500. The Bertz CT molecular complexity index is 945. The summed E-state index contributed by atoms with van der Waals surface area (Å²) in [6, 6.07) is 7.99. The van der Waals surface area contributed by atoms with E-state index in [4.69, 9.17) is 19.7 Å². The number of aliphatic hydroxyl groups is 2. The fourth-order valence-electron chi connectivity index (χ4n) is 4.51. The van der Waals surface area contributed by atoms with E-state index in [-0.39, 0.29) is 18.9 Å². The average molecular weight is 595 g/mol. The van der Waals surface area contributed by atoms with Crippen molar-refractivity contribution in [3.8, 4) is 0 Å². The van der Waals surface area contributed by atoms with Crippen LogP contribution < -0.4 is 0 Å². The number of azide groups is 1. The molecule has 0 unspecified atom stereocenters. The Morgan fingerprint density at radius 2 is 1.38 bits per heavy atom. The zero-order valence-corrected chi connectivity index (χ0v) is 24.4. The van der Waals surface area contributed by atoms with Crippen LogP contribution in [0.3, 0.4) is 0 Å². The van der Waals surface area contributed by atoms with E-state index in [9.17, 15) is 24.9 Å². The Labute approximate surface area is 247 Å². The first-order valence-electron chi connectivity index (χ1n) is 14.4. The molecule has 1 saturated heterocycles. The van der Waals surface area contributed by atoms with Crippen molar-refractivity contribution in [3.05, 3.63) is 45.8 Å². The van der Waals surface area contributed by atoms with Crippen LogP contribution in [0.25, 0.3) is 10.4 Å². The number of Topliss-reactive ketones (excluding diaryl/α,β-unsaturated/α-hetero) is 1. The molecule has 0 aromatic heterocycles. The SMILES string of the molecule is [N-]=[N+]=NCCOCCOCCOCCCC(=O)Cc1ccc(CN2CCN(CC(=O)O)CCN(CC(O)O)CC2)cc1. The maximum atomic E-state index is 12.4. The van der Waals surface area contributed by atoms with Crippen LogP contribution in [0.15, 0.2) is 29.4 Å². The second kappa shape index (κ2) is 22.0. The number of hydrogen-bond donors (Lipinski definition) is 3. The maximum absolute atomic E-state index is 12.4. The second-order valence-corrected chi connectivity index (χ2v) is 10.2. The van der Waals surface area contributed by atoms with Crippen molar-refractivity contribution < 1.29 is 39.1 Å². The molecule has 1 aromatic rings. The Kier molecular flexibility index (Phi) is 18.6. The number of aliphatic carboxylic acids is 1. The molecule has 236 valence electrons. The summed E-state index contributed by atoms with van der Waals surface area (Å²) < 4.78 is 16.1. The number of hydrogen-bond acceptors (Lipinski definition) is 11. The lowest BCUT2D eigenvalue weighted by Gasteiger charge is -2.26. The number of aliphatic hydroxyl groups excluding tert-OH is 1. The van der Waals surface area contributed by atoms with Gasteiger partial charge in [0.15, 0.2) is 6.29 Å². The van der Waals surface area contributed by atoms with Gasteiger partial charge in [-0.25, -0.2) is 0 Å². The van der Waals surface area contributed by atoms with Crippen molar-refractivity contribution in [2.45, 2.75) is 32.1 Å². The van der Waals surface area contributed by atoms with Gasteiger partial charge in [-0.15, -0.1) is 0 Å². The minimum Gasteiger partial charge on any atom is -0.480 e. The topological polar surface area (TPSA) is 181 Å². The first kappa shape index (κ1) is 35.5. The van der Waals surface area contributed by atoms with Crippen LogP contribution in [0.1, 0.15) is 24.0 Å². The number of ketones is 1. The lowest BCUT2D eigenvalue weighted by Crippen LogP contribution is -2.41. The molecular weight excluding hydrogens is 548 g/mol. The van der Waals surface area contributed by atoms with Crippen molar-refractivity contribution in [3.63, 3.8) is 0 Å². The zero-order chi connectivity index (χ0) is 30.4. The summed E-state index contributed by atoms with van der Waals surface area (Å²) in [4.78, 5) is 32.4. The van der Waals surface area contributed by atoms with Gasteiger partial charge in [0.1, 0.15) is 5.78 Å². The summed E-state index contributed by atoms with van der Waals surface area (Å²) in [6.07, 6.45) is 0.0312. The van der Waals surface area contributed by atoms with Gasteiger partial charge >= 0.3 is 5.97 Å². The van der Waals surface area contributed by atoms with E-state index < -0.39 is 12.3 Å². The van der Waals surface area contributed by atoms with E-state index in [1.165, 1.54) is 0 Å². The molecule has 0 atom stereocenters. The lowest BCUT2D eigenvalue weighted by molar-refractivity contribution is -0.138. The second-order valence-electron chi connectivity index (χ2n) is 10.2. The number of β-amino-alcohol motifs (C(OH)–C–C–N with tert-alkyl or cyclic N) is 2. The van der Waals surface area contributed by atoms with E-state index in [0.29, 0.717) is 105 Å². The van der Waals surface area contributed by atoms with E-state index >= 15 is 0 Å². The van der Waals surface area contributed by atoms with Crippen molar-refractivity contribution in [2.75, 3.05) is 98.5 Å². The first-order chi connectivity index (χ1) is 20.4. The van der Waals surface area contributed by atoms with Crippen molar-refractivity contribution in [1.82, 2.24) is 14.7 Å². The molecule has 2 rings (SSSR count). The number of rotatable bonds is 21. The summed E-state index contributed by atoms with van der Waals surface area (Å²) in [6.45, 7) is 7.48. The molecule has 0 amide bonds. The average Bonchev–Trinajstić information content (AvgIpc) is 3.03. The molecule has 1 aromatic carbocycles. The van der Waals surface area contributed by atoms with Crippen LogP contribution in [-0.2, 0) is 36.8 Å². The molecule has 1 aliphatic heterocycles. The Balaban J connectivity index is 1.66. The highest BCUT2D eigenvalue weighted by molar-refractivity contribution is 5.80. The summed E-state index contributed by atoms with van der Waals surface area (Å²) in [5.41, 5.74) is 10.2. The van der Waals surface area contributed by atoms with E-state index in [2.05, 4.69) is 14.9 Å². The summed E-state index contributed by atoms with van der Waals surface area (Å²) in [7, 11) is 0. The monoisotopic (exact) mass is 594 g/mol. The normalized spacial score (nSPS) is 15.6. The summed E-state index contributed by atoms with van der Waals surface area (Å²) in [5, 5.41) is 31.5. The molecule has 14 nitrogen and oxygen atoms in total. The van der Waals surface area contributed by atoms with Gasteiger partial charge in [0, 0.05) is 83.3 Å². The van der Waals surface area contributed by atoms with E-state index in [1.54, 1.807) is 0 Å². The van der Waals surface area contributed by atoms with Crippen LogP contribution >= 0.6 is 0 Å². The van der Waals surface area contributed by atoms with Crippen molar-refractivity contribution in [2.24, 2.45) is 5.11 Å². The number of benzene rings is 1. The Morgan fingerprint density at radius 3 is 1.98 bits per heavy atom. The van der Waals surface area contributed by atoms with Gasteiger partial charge in [-0.2, -0.15) is 0 Å². The van der Waals surface area contributed by atoms with Gasteiger partial charge in [0.25, 0.3) is 0 Å². The van der Waals surface area contributed by atoms with Crippen molar-refractivity contribution >= 4 is 11.8 Å². The quantitative estimate of drug-likeness (QED) is 0.0601.